The fourth-order valence-corrected chi connectivity index (χ4v) is 19.0. The van der Waals surface area contributed by atoms with Gasteiger partial charge in [0.05, 0.1) is 117 Å². The Morgan fingerprint density at radius 3 is 1.01 bits per heavy atom. The van der Waals surface area contributed by atoms with E-state index in [1.807, 2.05) is 100 Å². The van der Waals surface area contributed by atoms with Gasteiger partial charge in [-0.15, -0.1) is 0 Å². The number of urea groups is 4. The highest BCUT2D eigenvalue weighted by atomic mass is 32.2. The van der Waals surface area contributed by atoms with Crippen LogP contribution in [0, 0.1) is 0 Å². The molecule has 0 unspecified atom stereocenters. The summed E-state index contributed by atoms with van der Waals surface area (Å²) < 4.78 is 87.2. The molecule has 8 aromatic rings. The van der Waals surface area contributed by atoms with Crippen LogP contribution in [-0.2, 0) is 79.1 Å². The Morgan fingerprint density at radius 2 is 0.699 bits per heavy atom. The summed E-state index contributed by atoms with van der Waals surface area (Å²) in [5, 5.41) is 22.1. The summed E-state index contributed by atoms with van der Waals surface area (Å²) in [6, 6.07) is 29.8. The second kappa shape index (κ2) is 44.4. The van der Waals surface area contributed by atoms with E-state index < -0.39 is 22.1 Å². The lowest BCUT2D eigenvalue weighted by Crippen LogP contribution is -2.47. The predicted octanol–water partition coefficient (Wildman–Crippen LogP) is 13.5. The third kappa shape index (κ3) is 23.1. The molecular formula is C95H131F3N24O10S. The first kappa shape index (κ1) is 99.4. The van der Waals surface area contributed by atoms with Gasteiger partial charge in [0.1, 0.15) is 23.3 Å². The van der Waals surface area contributed by atoms with Gasteiger partial charge in [0.25, 0.3) is 0 Å². The zero-order valence-electron chi connectivity index (χ0n) is 79.3. The number of carbonyl (C=O) groups excluding carboxylic acids is 4. The number of fused-ring (bicyclic) bond motifs is 4. The summed E-state index contributed by atoms with van der Waals surface area (Å²) in [5.74, 6) is 6.13. The van der Waals surface area contributed by atoms with Crippen LogP contribution in [0.15, 0.2) is 97.1 Å². The molecule has 12 heterocycles. The molecule has 0 spiro atoms. The van der Waals surface area contributed by atoms with Crippen molar-refractivity contribution in [1.29, 1.82) is 0 Å². The van der Waals surface area contributed by atoms with Gasteiger partial charge in [-0.1, -0.05) is 34.6 Å². The summed E-state index contributed by atoms with van der Waals surface area (Å²) in [7, 11) is -5.50. The number of sulfonamides is 1. The molecule has 16 rings (SSSR count). The number of hydrogen-bond acceptors (Lipinski definition) is 25. The molecule has 0 bridgehead atoms. The minimum absolute atomic E-state index is 0.0150. The van der Waals surface area contributed by atoms with Gasteiger partial charge >= 0.3 is 39.7 Å². The molecule has 4 atom stereocenters. The molecule has 4 aromatic heterocycles. The van der Waals surface area contributed by atoms with E-state index in [2.05, 4.69) is 151 Å². The third-order valence-electron chi connectivity index (χ3n) is 25.6. The molecule has 8 amide bonds. The Labute approximate surface area is 778 Å². The number of amides is 8. The number of anilines is 8. The molecule has 4 saturated heterocycles. The molecule has 8 N–H and O–H groups in total. The number of aromatic nitrogens is 8. The minimum atomic E-state index is -5.50. The number of ether oxygens (including phenoxy) is 4. The van der Waals surface area contributed by atoms with Crippen molar-refractivity contribution >= 4 is 80.2 Å². The molecule has 4 fully saturated rings. The molecule has 718 valence electrons. The molecule has 4 aromatic carbocycles. The van der Waals surface area contributed by atoms with Crippen LogP contribution < -0.4 is 62.1 Å². The van der Waals surface area contributed by atoms with E-state index in [4.69, 9.17) is 53.8 Å². The van der Waals surface area contributed by atoms with Crippen LogP contribution in [0.2, 0.25) is 0 Å². The topological polar surface area (TPSA) is 365 Å². The summed E-state index contributed by atoms with van der Waals surface area (Å²) >= 11 is 0. The Bertz CT molecular complexity index is 5300. The van der Waals surface area contributed by atoms with Crippen LogP contribution in [0.3, 0.4) is 0 Å². The van der Waals surface area contributed by atoms with Crippen molar-refractivity contribution < 1.29 is 59.7 Å². The monoisotopic (exact) mass is 1860 g/mol. The second-order valence-corrected chi connectivity index (χ2v) is 36.9. The predicted molar refractivity (Wildman–Crippen MR) is 512 cm³/mol. The van der Waals surface area contributed by atoms with Gasteiger partial charge in [-0.05, 0) is 212 Å². The molecular weight excluding hydrogens is 1730 g/mol. The maximum absolute atomic E-state index is 13.3. The fourth-order valence-electron chi connectivity index (χ4n) is 18.1. The van der Waals surface area contributed by atoms with E-state index >= 15 is 0 Å². The zero-order valence-corrected chi connectivity index (χ0v) is 80.1. The first-order valence-corrected chi connectivity index (χ1v) is 48.2. The number of halogens is 3. The number of benzene rings is 4. The standard InChI is InChI=1S/3C24H34N6O2.C23H29F3N6O4S/c2*1-6-25-23(31)26-18-10-8-17(9-11-18)21-27-20-19(14-29(7-2)24(20,4)5)22(28-21)30-12-13-32-15-16(30)3;1-4-19-16-32-14-13-30(19)23-20-11-12-29(6-3)15-21(20)27-22(28-23)17-7-9-18(10-8-17)26-24(31)25-5-2;1-3-17-14-36-12-11-32(17)21-18-9-10-31(37(34,35)23(24,25)26)13-19(18)29-20(30-21)15-5-7-16(8-6-15)28-22(33)27-4-2/h2*8-11,16H,6-7,12-15H2,1-5H3,(H2,25,26,31);7-10,19H,4-6,11-16H2,1-3H3,(H2,25,26,31);5-8,17H,3-4,9-14H2,1-2H3,(H2,27,28,33)/t2*16-;19-;17-/m0000/s1. The van der Waals surface area contributed by atoms with E-state index in [9.17, 15) is 40.8 Å². The molecule has 0 radical (unpaired) electrons. The van der Waals surface area contributed by atoms with Crippen LogP contribution in [0.1, 0.15) is 162 Å². The van der Waals surface area contributed by atoms with Crippen molar-refractivity contribution in [2.45, 2.75) is 196 Å². The Morgan fingerprint density at radius 1 is 0.391 bits per heavy atom. The summed E-state index contributed by atoms with van der Waals surface area (Å²) in [6.45, 7) is 47.9. The van der Waals surface area contributed by atoms with Crippen molar-refractivity contribution in [3.63, 3.8) is 0 Å². The van der Waals surface area contributed by atoms with Gasteiger partial charge in [0, 0.05) is 152 Å². The quantitative estimate of drug-likeness (QED) is 0.0312. The average Bonchev–Trinajstić information content (AvgIpc) is 1.57. The van der Waals surface area contributed by atoms with Crippen molar-refractivity contribution in [2.24, 2.45) is 0 Å². The van der Waals surface area contributed by atoms with Gasteiger partial charge in [-0.2, -0.15) is 17.5 Å². The van der Waals surface area contributed by atoms with Crippen molar-refractivity contribution in [1.82, 2.24) is 80.1 Å². The van der Waals surface area contributed by atoms with E-state index in [1.54, 1.807) is 31.2 Å². The fraction of sp³-hybridized carbons (Fsp3) is 0.537. The highest BCUT2D eigenvalue weighted by Gasteiger charge is 2.52. The van der Waals surface area contributed by atoms with Crippen LogP contribution in [0.25, 0.3) is 45.6 Å². The number of hydrogen-bond donors (Lipinski definition) is 8. The Hall–Kier alpha value is -11.1. The van der Waals surface area contributed by atoms with Crippen LogP contribution >= 0.6 is 0 Å². The molecule has 0 aliphatic carbocycles. The lowest BCUT2D eigenvalue weighted by molar-refractivity contribution is -0.0493. The lowest BCUT2D eigenvalue weighted by Gasteiger charge is -2.39. The molecule has 38 heteroatoms. The second-order valence-electron chi connectivity index (χ2n) is 34.9. The number of likely N-dealkylation sites (N-methyl/N-ethyl adjacent to an activating group) is 1. The normalized spacial score (nSPS) is 19.5. The highest BCUT2D eigenvalue weighted by molar-refractivity contribution is 7.89. The van der Waals surface area contributed by atoms with Crippen molar-refractivity contribution in [3.8, 4) is 45.6 Å². The van der Waals surface area contributed by atoms with Gasteiger partial charge in [0.15, 0.2) is 23.3 Å². The van der Waals surface area contributed by atoms with Crippen LogP contribution in [0.5, 0.6) is 0 Å². The van der Waals surface area contributed by atoms with E-state index in [0.29, 0.717) is 117 Å². The maximum Gasteiger partial charge on any atom is 0.511 e. The number of nitrogens with one attached hydrogen (secondary N) is 8. The lowest BCUT2D eigenvalue weighted by atomic mass is 9.99. The van der Waals surface area contributed by atoms with Crippen molar-refractivity contribution in [2.75, 3.05) is 179 Å². The van der Waals surface area contributed by atoms with Crippen LogP contribution in [0.4, 0.5) is 78.4 Å². The molecule has 133 heavy (non-hydrogen) atoms. The maximum atomic E-state index is 13.3. The van der Waals surface area contributed by atoms with Gasteiger partial charge < -0.3 is 81.1 Å². The van der Waals surface area contributed by atoms with Crippen LogP contribution in [-0.4, -0.2) is 259 Å². The average molecular weight is 1860 g/mol. The molecule has 34 nitrogen and oxygen atoms in total. The third-order valence-corrected chi connectivity index (χ3v) is 27.1. The number of morpholine rings is 4. The Balaban J connectivity index is 0.000000151. The first-order chi connectivity index (χ1) is 63.9. The first-order valence-electron chi connectivity index (χ1n) is 46.8. The van der Waals surface area contributed by atoms with E-state index in [1.165, 1.54) is 16.7 Å². The smallest absolute Gasteiger partial charge is 0.377 e. The number of alkyl halides is 3. The summed E-state index contributed by atoms with van der Waals surface area (Å²) in [5.41, 5.74) is 8.37. The number of nitrogens with zero attached hydrogens (tertiary/aromatic N) is 16. The largest absolute Gasteiger partial charge is 0.511 e. The van der Waals surface area contributed by atoms with E-state index in [0.717, 1.165) is 172 Å². The summed E-state index contributed by atoms with van der Waals surface area (Å²) in [4.78, 5) is 103. The number of rotatable bonds is 22. The summed E-state index contributed by atoms with van der Waals surface area (Å²) in [6.07, 6.45) is 2.82. The Kier molecular flexibility index (Phi) is 33.2. The molecule has 8 aliphatic rings. The minimum Gasteiger partial charge on any atom is -0.377 e. The molecule has 8 aliphatic heterocycles. The van der Waals surface area contributed by atoms with Crippen molar-refractivity contribution in [3.05, 3.63) is 142 Å². The van der Waals surface area contributed by atoms with Gasteiger partial charge in [-0.3, -0.25) is 14.7 Å². The highest BCUT2D eigenvalue weighted by Crippen LogP contribution is 2.46. The zero-order chi connectivity index (χ0) is 95.1. The number of carbonyl (C=O) groups is 4. The SMILES string of the molecule is CCNC(=O)Nc1ccc(-c2nc(N3CCOC[C@@H]3C)c3c(n2)C(C)(C)N(CC)C3)cc1.CCNC(=O)Nc1ccc(-c2nc(N3CCOC[C@@H]3C)c3c(n2)C(C)(C)N(CC)C3)cc1.CCNC(=O)Nc1ccc(-c2nc3c(c(N4CCOC[C@@H]4CC)n2)CCN(CC)C3)cc1.CCNC(=O)Nc1ccc(-c2nc3c(c(N4CCOC[C@@H]4CC)n2)CCN(S(=O)(=O)C(F)(F)F)C3)cc1. The molecule has 0 saturated carbocycles. The van der Waals surface area contributed by atoms with Gasteiger partial charge in [-0.25, -0.2) is 67.5 Å². The van der Waals surface area contributed by atoms with Gasteiger partial charge in [0.2, 0.25) is 0 Å². The van der Waals surface area contributed by atoms with E-state index in [-0.39, 0.29) is 77.8 Å².